The van der Waals surface area contributed by atoms with Crippen molar-refractivity contribution in [3.8, 4) is 0 Å². The van der Waals surface area contributed by atoms with Gasteiger partial charge < -0.3 is 0 Å². The van der Waals surface area contributed by atoms with Gasteiger partial charge in [-0.3, -0.25) is 14.3 Å². The normalized spacial score (nSPS) is 17.9. The Morgan fingerprint density at radius 2 is 2.00 bits per heavy atom. The van der Waals surface area contributed by atoms with E-state index in [1.165, 1.54) is 10.6 Å². The lowest BCUT2D eigenvalue weighted by Gasteiger charge is -2.18. The number of nitrogens with zero attached hydrogens (tertiary/aromatic N) is 3. The van der Waals surface area contributed by atoms with E-state index in [1.54, 1.807) is 4.42 Å². The maximum Gasteiger partial charge on any atom is 0.253 e. The predicted molar refractivity (Wildman–Crippen MR) is 89.7 cm³/mol. The van der Waals surface area contributed by atoms with E-state index in [-0.39, 0.29) is 10.5 Å². The van der Waals surface area contributed by atoms with E-state index in [9.17, 15) is 0 Å². The van der Waals surface area contributed by atoms with E-state index in [1.807, 2.05) is 24.4 Å². The second-order valence-electron chi connectivity index (χ2n) is 5.21. The van der Waals surface area contributed by atoms with E-state index in [0.29, 0.717) is 6.67 Å². The van der Waals surface area contributed by atoms with Crippen molar-refractivity contribution in [1.29, 1.82) is 0 Å². The van der Waals surface area contributed by atoms with Crippen molar-refractivity contribution in [2.45, 2.75) is 6.54 Å². The highest BCUT2D eigenvalue weighted by molar-refractivity contribution is 7.32. The number of hydrogen-bond acceptors (Lipinski definition) is 3. The number of thiophene rings is 1. The Morgan fingerprint density at radius 3 is 2.81 bits per heavy atom. The van der Waals surface area contributed by atoms with Crippen LogP contribution in [0, 0.1) is 0 Å². The molecule has 21 heavy (non-hydrogen) atoms. The van der Waals surface area contributed by atoms with Crippen LogP contribution in [0.2, 0.25) is 0 Å². The lowest BCUT2D eigenvalue weighted by Crippen LogP contribution is -2.25. The van der Waals surface area contributed by atoms with Crippen LogP contribution < -0.4 is 4.90 Å². The summed E-state index contributed by atoms with van der Waals surface area (Å²) in [5.41, 5.74) is 4.58. The van der Waals surface area contributed by atoms with Crippen molar-refractivity contribution >= 4 is 33.0 Å². The average molecular weight is 317 g/mol. The van der Waals surface area contributed by atoms with Crippen LogP contribution in [0.5, 0.6) is 0 Å². The number of aliphatic imine (C=N–C) groups is 1. The zero-order chi connectivity index (χ0) is 14.4. The molecule has 1 aromatic heterocycles. The summed E-state index contributed by atoms with van der Waals surface area (Å²) in [7, 11) is 0.128. The minimum Gasteiger partial charge on any atom is -0.277 e. The summed E-state index contributed by atoms with van der Waals surface area (Å²) in [4.78, 5) is 7.17. The topological polar surface area (TPSA) is 18.8 Å². The fourth-order valence-electron chi connectivity index (χ4n) is 2.89. The van der Waals surface area contributed by atoms with Gasteiger partial charge in [-0.2, -0.15) is 0 Å². The Balaban J connectivity index is 1.88. The minimum atomic E-state index is 0.128. The highest BCUT2D eigenvalue weighted by Crippen LogP contribution is 2.42. The molecule has 0 spiro atoms. The van der Waals surface area contributed by atoms with Crippen molar-refractivity contribution in [2.24, 2.45) is 11.2 Å². The highest BCUT2D eigenvalue weighted by atomic mass is 35.5. The van der Waals surface area contributed by atoms with Gasteiger partial charge in [0.25, 0.3) is 5.00 Å². The Labute approximate surface area is 131 Å². The molecule has 5 heteroatoms. The number of hydrogen-bond donors (Lipinski definition) is 0. The first kappa shape index (κ1) is 12.9. The molecule has 1 atom stereocenters. The smallest absolute Gasteiger partial charge is 0.253 e. The molecule has 0 fully saturated rings. The monoisotopic (exact) mass is 316 g/mol. The second-order valence-corrected chi connectivity index (χ2v) is 7.41. The molecule has 0 N–H and O–H groups in total. The molecule has 3 heterocycles. The van der Waals surface area contributed by atoms with Crippen LogP contribution in [0.15, 0.2) is 58.7 Å². The molecule has 2 aromatic rings. The lowest BCUT2D eigenvalue weighted by atomic mass is 10.1. The quantitative estimate of drug-likeness (QED) is 0.584. The standard InChI is InChI=1S/C16H15ClN3S/c1-21-8-7-13-9-18-15(12-5-3-2-4-6-12)14-10-19(17)11-20(14)16(13)21/h2-8,10H,9,11H2,1H3/q+1. The Kier molecular flexibility index (Phi) is 3.01. The summed E-state index contributed by atoms with van der Waals surface area (Å²) in [6.45, 7) is 1.42. The average Bonchev–Trinajstić information content (AvgIpc) is 3.00. The Bertz CT molecular complexity index is 748. The van der Waals surface area contributed by atoms with Crippen LogP contribution in [0.3, 0.4) is 0 Å². The van der Waals surface area contributed by atoms with Crippen LogP contribution in [-0.4, -0.2) is 16.8 Å². The zero-order valence-electron chi connectivity index (χ0n) is 11.7. The van der Waals surface area contributed by atoms with E-state index in [2.05, 4.69) is 34.7 Å². The number of aryl methyl sites for hydroxylation is 1. The number of fused-ring (bicyclic) bond motifs is 3. The molecule has 1 unspecified atom stereocenters. The molecule has 3 nitrogen and oxygen atoms in total. The Morgan fingerprint density at radius 1 is 1.19 bits per heavy atom. The van der Waals surface area contributed by atoms with Crippen molar-refractivity contribution in [2.75, 3.05) is 11.6 Å². The first-order chi connectivity index (χ1) is 10.2. The van der Waals surface area contributed by atoms with Crippen LogP contribution in [0.4, 0.5) is 5.00 Å². The molecule has 0 amide bonds. The highest BCUT2D eigenvalue weighted by Gasteiger charge is 2.35. The number of benzene rings is 1. The first-order valence-electron chi connectivity index (χ1n) is 6.82. The van der Waals surface area contributed by atoms with Crippen LogP contribution in [-0.2, 0) is 12.8 Å². The maximum atomic E-state index is 6.25. The molecule has 0 bridgehead atoms. The van der Waals surface area contributed by atoms with Crippen molar-refractivity contribution in [3.63, 3.8) is 0 Å². The van der Waals surface area contributed by atoms with Gasteiger partial charge in [-0.05, 0) is 10.5 Å². The number of anilines is 1. The second kappa shape index (κ2) is 4.90. The van der Waals surface area contributed by atoms with E-state index in [0.717, 1.165) is 23.5 Å². The van der Waals surface area contributed by atoms with Crippen molar-refractivity contribution in [1.82, 2.24) is 4.42 Å². The summed E-state index contributed by atoms with van der Waals surface area (Å²) in [6.07, 6.45) is 4.24. The molecule has 4 rings (SSSR count). The van der Waals surface area contributed by atoms with Gasteiger partial charge in [0.2, 0.25) is 0 Å². The SMILES string of the molecule is C[s+]1ccc2c1N1CN(Cl)C=C1C(c1ccccc1)=NC2. The van der Waals surface area contributed by atoms with Gasteiger partial charge in [-0.15, -0.1) is 0 Å². The molecular weight excluding hydrogens is 302 g/mol. The van der Waals surface area contributed by atoms with Gasteiger partial charge in [-0.1, -0.05) is 30.3 Å². The van der Waals surface area contributed by atoms with Gasteiger partial charge in [0.15, 0.2) is 0 Å². The first-order valence-corrected chi connectivity index (χ1v) is 8.85. The molecule has 0 saturated carbocycles. The van der Waals surface area contributed by atoms with Gasteiger partial charge in [0.1, 0.15) is 18.3 Å². The molecule has 106 valence electrons. The molecular formula is C16H15ClN3S+. The molecule has 0 aliphatic carbocycles. The molecule has 2 aliphatic rings. The van der Waals surface area contributed by atoms with Crippen molar-refractivity contribution in [3.05, 3.63) is 64.8 Å². The summed E-state index contributed by atoms with van der Waals surface area (Å²) in [6, 6.07) is 12.5. The third-order valence-corrected chi connectivity index (χ3v) is 5.67. The molecule has 0 radical (unpaired) electrons. The van der Waals surface area contributed by atoms with Crippen LogP contribution in [0.1, 0.15) is 11.1 Å². The summed E-state index contributed by atoms with van der Waals surface area (Å²) < 4.78 is 1.71. The van der Waals surface area contributed by atoms with Crippen molar-refractivity contribution < 1.29 is 0 Å². The van der Waals surface area contributed by atoms with Gasteiger partial charge in [0.05, 0.1) is 23.5 Å². The van der Waals surface area contributed by atoms with Gasteiger partial charge in [-0.25, -0.2) is 0 Å². The van der Waals surface area contributed by atoms with E-state index in [4.69, 9.17) is 16.8 Å². The molecule has 1 aromatic carbocycles. The van der Waals surface area contributed by atoms with Gasteiger partial charge in [0, 0.05) is 29.6 Å². The zero-order valence-corrected chi connectivity index (χ0v) is 13.2. The van der Waals surface area contributed by atoms with Crippen LogP contribution in [0.25, 0.3) is 0 Å². The lowest BCUT2D eigenvalue weighted by molar-refractivity contribution is 0.650. The van der Waals surface area contributed by atoms with Crippen LogP contribution >= 0.6 is 22.2 Å². The third kappa shape index (κ3) is 2.06. The van der Waals surface area contributed by atoms with Gasteiger partial charge >= 0.3 is 0 Å². The summed E-state index contributed by atoms with van der Waals surface area (Å²) in [5, 5.41) is 3.63. The minimum absolute atomic E-state index is 0.128. The molecule has 2 aliphatic heterocycles. The number of rotatable bonds is 1. The molecule has 0 saturated heterocycles. The van der Waals surface area contributed by atoms with E-state index >= 15 is 0 Å². The summed E-state index contributed by atoms with van der Waals surface area (Å²) in [5.74, 6) is 0. The Hall–Kier alpha value is -1.78. The maximum absolute atomic E-state index is 6.25. The predicted octanol–water partition coefficient (Wildman–Crippen LogP) is 4.05. The number of halogens is 1. The third-order valence-electron chi connectivity index (χ3n) is 3.83. The van der Waals surface area contributed by atoms with E-state index < -0.39 is 0 Å². The largest absolute Gasteiger partial charge is 0.277 e. The fraction of sp³-hybridized carbons (Fsp3) is 0.188. The summed E-state index contributed by atoms with van der Waals surface area (Å²) >= 11 is 6.25. The fourth-order valence-corrected chi connectivity index (χ4v) is 4.64. The number of allylic oxidation sites excluding steroid dienone is 1.